The molecule has 0 aliphatic carbocycles. The van der Waals surface area contributed by atoms with Gasteiger partial charge in [0.2, 0.25) is 0 Å². The number of fused-ring (bicyclic) bond motifs is 2. The Bertz CT molecular complexity index is 1540. The third-order valence-corrected chi connectivity index (χ3v) is 14.2. The van der Waals surface area contributed by atoms with Crippen molar-refractivity contribution >= 4 is 36.6 Å². The molecule has 9 nitrogen and oxygen atoms in total. The molecule has 1 spiro atoms. The molecular weight excluding hydrogens is 576 g/mol. The molecule has 0 saturated carbocycles. The Morgan fingerprint density at radius 3 is 2.27 bits per heavy atom. The van der Waals surface area contributed by atoms with E-state index in [1.54, 1.807) is 19.1 Å². The fraction of sp³-hybridized carbons (Fsp3) is 0.412. The van der Waals surface area contributed by atoms with Crippen LogP contribution < -0.4 is 24.5 Å². The molecule has 232 valence electrons. The van der Waals surface area contributed by atoms with Crippen LogP contribution in [0.25, 0.3) is 0 Å². The number of aliphatic hydroxyl groups excluding tert-OH is 1. The lowest BCUT2D eigenvalue weighted by atomic mass is 9.82. The second-order valence-electron chi connectivity index (χ2n) is 12.4. The Labute approximate surface area is 259 Å². The summed E-state index contributed by atoms with van der Waals surface area (Å²) in [6, 6.07) is 21.6. The van der Waals surface area contributed by atoms with E-state index in [0.29, 0.717) is 31.9 Å². The van der Waals surface area contributed by atoms with Crippen molar-refractivity contribution < 1.29 is 33.6 Å². The molecule has 2 fully saturated rings. The zero-order valence-electron chi connectivity index (χ0n) is 25.9. The van der Waals surface area contributed by atoms with Gasteiger partial charge in [0.05, 0.1) is 47.2 Å². The van der Waals surface area contributed by atoms with Gasteiger partial charge in [-0.1, -0.05) is 49.5 Å². The quantitative estimate of drug-likeness (QED) is 0.345. The Balaban J connectivity index is 1.38. The van der Waals surface area contributed by atoms with Crippen molar-refractivity contribution in [2.24, 2.45) is 5.92 Å². The highest BCUT2D eigenvalue weighted by atomic mass is 28.3. The molecule has 0 unspecified atom stereocenters. The first-order chi connectivity index (χ1) is 21.1. The van der Waals surface area contributed by atoms with Gasteiger partial charge in [-0.25, -0.2) is 4.79 Å². The highest BCUT2D eigenvalue weighted by Gasteiger charge is 2.66. The van der Waals surface area contributed by atoms with Crippen molar-refractivity contribution in [3.05, 3.63) is 77.9 Å². The topological polar surface area (TPSA) is 97.8 Å². The van der Waals surface area contributed by atoms with Crippen LogP contribution in [0.4, 0.5) is 16.2 Å². The normalized spacial score (nSPS) is 24.6. The number of carbonyl (C=O) groups excluding carboxylic acids is 2. The predicted octanol–water partition coefficient (Wildman–Crippen LogP) is 4.81. The molecule has 44 heavy (non-hydrogen) atoms. The van der Waals surface area contributed by atoms with E-state index < -0.39 is 13.7 Å². The summed E-state index contributed by atoms with van der Waals surface area (Å²) in [5, 5.41) is 11.4. The van der Waals surface area contributed by atoms with Gasteiger partial charge in [0.25, 0.3) is 5.91 Å². The van der Waals surface area contributed by atoms with Crippen LogP contribution in [0.3, 0.4) is 0 Å². The summed E-state index contributed by atoms with van der Waals surface area (Å²) in [6.45, 7) is 7.98. The van der Waals surface area contributed by atoms with Crippen LogP contribution in [0.2, 0.25) is 18.6 Å². The number of methoxy groups -OCH3 is 2. The molecule has 3 aromatic rings. The second kappa shape index (κ2) is 11.6. The molecule has 0 bridgehead atoms. The van der Waals surface area contributed by atoms with E-state index in [4.69, 9.17) is 18.9 Å². The van der Waals surface area contributed by atoms with Crippen LogP contribution >= 0.6 is 0 Å². The van der Waals surface area contributed by atoms with Crippen molar-refractivity contribution in [1.29, 1.82) is 0 Å². The number of hydrogen-bond acceptors (Lipinski definition) is 7. The average Bonchev–Trinajstić information content (AvgIpc) is 3.66. The summed E-state index contributed by atoms with van der Waals surface area (Å²) in [5.41, 5.74) is 2.11. The summed E-state index contributed by atoms with van der Waals surface area (Å²) >= 11 is 0. The van der Waals surface area contributed by atoms with Crippen molar-refractivity contribution in [3.8, 4) is 11.5 Å². The van der Waals surface area contributed by atoms with Gasteiger partial charge in [-0.05, 0) is 60.0 Å². The average molecular weight is 617 g/mol. The molecule has 6 rings (SSSR count). The van der Waals surface area contributed by atoms with Crippen molar-refractivity contribution in [2.75, 3.05) is 43.8 Å². The highest BCUT2D eigenvalue weighted by molar-refractivity contribution is 6.91. The van der Waals surface area contributed by atoms with E-state index >= 15 is 0 Å². The van der Waals surface area contributed by atoms with Gasteiger partial charge in [0.15, 0.2) is 5.60 Å². The van der Waals surface area contributed by atoms with E-state index in [9.17, 15) is 14.7 Å². The Morgan fingerprint density at radius 2 is 1.66 bits per heavy atom. The van der Waals surface area contributed by atoms with E-state index in [2.05, 4.69) is 32.2 Å². The van der Waals surface area contributed by atoms with Crippen LogP contribution in [0, 0.1) is 5.92 Å². The van der Waals surface area contributed by atoms with Crippen LogP contribution in [0.5, 0.6) is 11.5 Å². The zero-order chi connectivity index (χ0) is 31.2. The minimum atomic E-state index is -2.27. The predicted molar refractivity (Wildman–Crippen MR) is 171 cm³/mol. The molecule has 3 aliphatic heterocycles. The largest absolute Gasteiger partial charge is 0.497 e. The standard InChI is InChI=1S/C34H40N2O7Si/c1-22-31(44(4,5)27-13-10-25(40-2)11-14-27)30(16-18-37)43-34(22)28-20-26(41-3)12-15-29(28)36(32(34)38)21-23-6-8-24(9-7-23)35-17-19-42-33(35)39/h6-15,20,22,30-31,37H,16-19,21H2,1-5H3/t22-,30+,31-,34+/m1/s1. The Morgan fingerprint density at radius 1 is 0.977 bits per heavy atom. The lowest BCUT2D eigenvalue weighted by Crippen LogP contribution is -2.51. The number of benzene rings is 3. The number of nitrogens with zero attached hydrogens (tertiary/aromatic N) is 2. The maximum absolute atomic E-state index is 14.8. The first-order valence-electron chi connectivity index (χ1n) is 15.1. The maximum atomic E-state index is 14.8. The molecule has 2 amide bonds. The minimum Gasteiger partial charge on any atom is -0.497 e. The molecular formula is C34H40N2O7Si. The van der Waals surface area contributed by atoms with Gasteiger partial charge in [-0.15, -0.1) is 0 Å². The first-order valence-corrected chi connectivity index (χ1v) is 18.2. The summed E-state index contributed by atoms with van der Waals surface area (Å²) < 4.78 is 23.1. The third kappa shape index (κ3) is 4.76. The summed E-state index contributed by atoms with van der Waals surface area (Å²) in [7, 11) is 1.01. The number of rotatable bonds is 9. The fourth-order valence-electron chi connectivity index (χ4n) is 7.57. The fourth-order valence-corrected chi connectivity index (χ4v) is 11.6. The molecule has 3 heterocycles. The number of aliphatic hydroxyl groups is 1. The van der Waals surface area contributed by atoms with Crippen molar-refractivity contribution in [3.63, 3.8) is 0 Å². The van der Waals surface area contributed by atoms with Gasteiger partial charge < -0.3 is 29.0 Å². The van der Waals surface area contributed by atoms with Gasteiger partial charge >= 0.3 is 6.09 Å². The summed E-state index contributed by atoms with van der Waals surface area (Å²) in [4.78, 5) is 30.2. The van der Waals surface area contributed by atoms with Gasteiger partial charge in [-0.2, -0.15) is 0 Å². The van der Waals surface area contributed by atoms with E-state index in [1.807, 2.05) is 59.5 Å². The number of hydrogen-bond donors (Lipinski definition) is 1. The molecule has 3 aliphatic rings. The minimum absolute atomic E-state index is 0.0309. The lowest BCUT2D eigenvalue weighted by molar-refractivity contribution is -0.146. The molecule has 4 atom stereocenters. The van der Waals surface area contributed by atoms with E-state index in [-0.39, 0.29) is 36.2 Å². The van der Waals surface area contributed by atoms with Crippen LogP contribution in [0.15, 0.2) is 66.7 Å². The van der Waals surface area contributed by atoms with Crippen LogP contribution in [0.1, 0.15) is 24.5 Å². The van der Waals surface area contributed by atoms with E-state index in [1.165, 1.54) is 5.19 Å². The molecule has 0 radical (unpaired) electrons. The SMILES string of the molecule is COc1ccc([Si](C)(C)[C@H]2[C@H](CCO)O[C@@]3(C(=O)N(Cc4ccc(N5CCOC5=O)cc4)c4ccc(OC)cc43)[C@@H]2C)cc1. The maximum Gasteiger partial charge on any atom is 0.414 e. The zero-order valence-corrected chi connectivity index (χ0v) is 26.9. The van der Waals surface area contributed by atoms with E-state index in [0.717, 1.165) is 28.3 Å². The number of ether oxygens (including phenoxy) is 4. The van der Waals surface area contributed by atoms with Crippen molar-refractivity contribution in [2.45, 2.75) is 50.2 Å². The third-order valence-electron chi connectivity index (χ3n) is 9.81. The highest BCUT2D eigenvalue weighted by Crippen LogP contribution is 2.60. The summed E-state index contributed by atoms with van der Waals surface area (Å²) in [6.07, 6.45) is -0.213. The van der Waals surface area contributed by atoms with Gasteiger partial charge in [-0.3, -0.25) is 9.69 Å². The second-order valence-corrected chi connectivity index (χ2v) is 17.1. The van der Waals surface area contributed by atoms with Gasteiger partial charge in [0, 0.05) is 23.8 Å². The number of anilines is 2. The number of amides is 2. The molecule has 10 heteroatoms. The van der Waals surface area contributed by atoms with Crippen molar-refractivity contribution in [1.82, 2.24) is 0 Å². The monoisotopic (exact) mass is 616 g/mol. The molecule has 2 saturated heterocycles. The first kappa shape index (κ1) is 30.2. The summed E-state index contributed by atoms with van der Waals surface area (Å²) in [5.74, 6) is 1.18. The Hall–Kier alpha value is -3.86. The number of carbonyl (C=O) groups is 2. The Kier molecular flexibility index (Phi) is 7.94. The van der Waals surface area contributed by atoms with Crippen LogP contribution in [-0.2, 0) is 26.4 Å². The lowest BCUT2D eigenvalue weighted by Gasteiger charge is -2.37. The molecule has 0 aromatic heterocycles. The number of cyclic esters (lactones) is 1. The molecule has 3 aromatic carbocycles. The smallest absolute Gasteiger partial charge is 0.414 e. The molecule has 1 N–H and O–H groups in total. The van der Waals surface area contributed by atoms with Crippen LogP contribution in [-0.4, -0.2) is 65.3 Å². The van der Waals surface area contributed by atoms with Gasteiger partial charge in [0.1, 0.15) is 18.1 Å².